The summed E-state index contributed by atoms with van der Waals surface area (Å²) in [4.78, 5) is 20.3. The Morgan fingerprint density at radius 1 is 1.29 bits per heavy atom. The van der Waals surface area contributed by atoms with Crippen LogP contribution in [0, 0.1) is 5.92 Å². The van der Waals surface area contributed by atoms with E-state index in [1.165, 1.54) is 6.20 Å². The number of anilines is 2. The largest absolute Gasteiger partial charge is 0.381 e. The van der Waals surface area contributed by atoms with Crippen LogP contribution in [0.2, 0.25) is 0 Å². The molecule has 7 nitrogen and oxygen atoms in total. The first-order valence-electron chi connectivity index (χ1n) is 8.63. The number of hydrogen-bond acceptors (Lipinski definition) is 6. The van der Waals surface area contributed by atoms with Crippen LogP contribution in [-0.4, -0.2) is 41.2 Å². The molecule has 2 rings (SSSR count). The van der Waals surface area contributed by atoms with Gasteiger partial charge in [-0.25, -0.2) is 4.98 Å². The number of primary amides is 1. The molecular weight excluding hydrogens is 306 g/mol. The van der Waals surface area contributed by atoms with Gasteiger partial charge in [0.05, 0.1) is 11.7 Å². The lowest BCUT2D eigenvalue weighted by Gasteiger charge is -2.28. The molecule has 1 saturated carbocycles. The predicted octanol–water partition coefficient (Wildman–Crippen LogP) is 2.40. The van der Waals surface area contributed by atoms with Gasteiger partial charge in [-0.1, -0.05) is 13.8 Å². The van der Waals surface area contributed by atoms with Gasteiger partial charge >= 0.3 is 0 Å². The second kappa shape index (κ2) is 8.28. The van der Waals surface area contributed by atoms with Gasteiger partial charge in [0.2, 0.25) is 5.95 Å². The Balaban J connectivity index is 2.09. The van der Waals surface area contributed by atoms with E-state index in [0.717, 1.165) is 25.7 Å². The van der Waals surface area contributed by atoms with Gasteiger partial charge in [0.25, 0.3) is 5.91 Å². The highest BCUT2D eigenvalue weighted by molar-refractivity contribution is 5.97. The maximum absolute atomic E-state index is 11.6. The van der Waals surface area contributed by atoms with Crippen molar-refractivity contribution in [1.82, 2.24) is 9.97 Å². The van der Waals surface area contributed by atoms with Crippen LogP contribution in [0.5, 0.6) is 0 Å². The lowest BCUT2D eigenvalue weighted by molar-refractivity contribution is 0.0681. The molecule has 0 unspecified atom stereocenters. The highest BCUT2D eigenvalue weighted by Gasteiger charge is 2.22. The quantitative estimate of drug-likeness (QED) is 0.707. The molecule has 134 valence electrons. The van der Waals surface area contributed by atoms with Crippen LogP contribution in [0.15, 0.2) is 6.20 Å². The van der Waals surface area contributed by atoms with Gasteiger partial charge in [0.15, 0.2) is 0 Å². The van der Waals surface area contributed by atoms with Crippen LogP contribution in [0.4, 0.5) is 11.8 Å². The topological polar surface area (TPSA) is 102 Å². The van der Waals surface area contributed by atoms with Crippen molar-refractivity contribution in [2.75, 3.05) is 17.7 Å². The molecule has 0 aromatic carbocycles. The number of rotatable bonds is 7. The Morgan fingerprint density at radius 2 is 1.96 bits per heavy atom. The zero-order chi connectivity index (χ0) is 17.7. The molecule has 4 N–H and O–H groups in total. The molecule has 0 saturated heterocycles. The lowest BCUT2D eigenvalue weighted by Crippen LogP contribution is -2.30. The number of methoxy groups -OCH3 is 1. The monoisotopic (exact) mass is 335 g/mol. The standard InChI is InChI=1S/C17H29N5O2/c1-10(2)11(3)20-16-14(15(18)23)9-19-17(22-16)21-12-5-7-13(24-4)8-6-12/h9-13H,5-8H2,1-4H3,(H2,18,23)(H2,19,20,21,22)/t11-,12?,13?/m0/s1. The van der Waals surface area contributed by atoms with E-state index in [-0.39, 0.29) is 6.04 Å². The molecule has 1 amide bonds. The van der Waals surface area contributed by atoms with Crippen LogP contribution in [0.3, 0.4) is 0 Å². The lowest BCUT2D eigenvalue weighted by atomic mass is 9.93. The SMILES string of the molecule is COC1CCC(Nc2ncc(C(N)=O)c(N[C@@H](C)C(C)C)n2)CC1. The number of ether oxygens (including phenoxy) is 1. The minimum atomic E-state index is -0.527. The van der Waals surface area contributed by atoms with Gasteiger partial charge in [-0.2, -0.15) is 4.98 Å². The molecule has 7 heteroatoms. The number of nitrogens with two attached hydrogens (primary N) is 1. The highest BCUT2D eigenvalue weighted by Crippen LogP contribution is 2.24. The van der Waals surface area contributed by atoms with E-state index < -0.39 is 5.91 Å². The van der Waals surface area contributed by atoms with Crippen molar-refractivity contribution < 1.29 is 9.53 Å². The Hall–Kier alpha value is -1.89. The summed E-state index contributed by atoms with van der Waals surface area (Å²) in [5.74, 6) is 0.896. The van der Waals surface area contributed by atoms with Crippen LogP contribution in [0.25, 0.3) is 0 Å². The van der Waals surface area contributed by atoms with Gasteiger partial charge in [0, 0.05) is 25.4 Å². The summed E-state index contributed by atoms with van der Waals surface area (Å²) in [5.41, 5.74) is 5.75. The summed E-state index contributed by atoms with van der Waals surface area (Å²) in [6.45, 7) is 6.27. The highest BCUT2D eigenvalue weighted by atomic mass is 16.5. The molecule has 1 fully saturated rings. The summed E-state index contributed by atoms with van der Waals surface area (Å²) in [6.07, 6.45) is 5.94. The minimum absolute atomic E-state index is 0.169. The first-order chi connectivity index (χ1) is 11.4. The van der Waals surface area contributed by atoms with E-state index in [4.69, 9.17) is 10.5 Å². The molecule has 0 radical (unpaired) electrons. The Bertz CT molecular complexity index is 556. The van der Waals surface area contributed by atoms with E-state index in [1.807, 2.05) is 0 Å². The third-order valence-electron chi connectivity index (χ3n) is 4.76. The van der Waals surface area contributed by atoms with Crippen LogP contribution >= 0.6 is 0 Å². The van der Waals surface area contributed by atoms with Crippen LogP contribution in [0.1, 0.15) is 56.8 Å². The molecule has 1 aromatic heterocycles. The van der Waals surface area contributed by atoms with E-state index in [9.17, 15) is 4.79 Å². The van der Waals surface area contributed by atoms with E-state index in [0.29, 0.717) is 35.4 Å². The van der Waals surface area contributed by atoms with Crippen molar-refractivity contribution in [1.29, 1.82) is 0 Å². The average molecular weight is 335 g/mol. The van der Waals surface area contributed by atoms with Gasteiger partial charge in [-0.3, -0.25) is 4.79 Å². The fraction of sp³-hybridized carbons (Fsp3) is 0.706. The van der Waals surface area contributed by atoms with E-state index in [1.54, 1.807) is 7.11 Å². The number of amides is 1. The van der Waals surface area contributed by atoms with Crippen molar-refractivity contribution >= 4 is 17.7 Å². The normalized spacial score (nSPS) is 22.2. The predicted molar refractivity (Wildman–Crippen MR) is 95.1 cm³/mol. The summed E-state index contributed by atoms with van der Waals surface area (Å²) >= 11 is 0. The second-order valence-corrected chi connectivity index (χ2v) is 6.85. The Morgan fingerprint density at radius 3 is 2.50 bits per heavy atom. The zero-order valence-corrected chi connectivity index (χ0v) is 15.0. The van der Waals surface area contributed by atoms with Crippen molar-refractivity contribution in [2.24, 2.45) is 11.7 Å². The molecule has 0 aliphatic heterocycles. The van der Waals surface area contributed by atoms with E-state index >= 15 is 0 Å². The van der Waals surface area contributed by atoms with Crippen molar-refractivity contribution in [2.45, 2.75) is 64.6 Å². The number of carbonyl (C=O) groups is 1. The minimum Gasteiger partial charge on any atom is -0.381 e. The summed E-state index contributed by atoms with van der Waals surface area (Å²) in [5, 5.41) is 6.64. The summed E-state index contributed by atoms with van der Waals surface area (Å²) in [7, 11) is 1.76. The van der Waals surface area contributed by atoms with Gasteiger partial charge < -0.3 is 21.1 Å². The Kier molecular flexibility index (Phi) is 6.36. The fourth-order valence-electron chi connectivity index (χ4n) is 2.75. The summed E-state index contributed by atoms with van der Waals surface area (Å²) in [6, 6.07) is 0.495. The molecule has 1 atom stereocenters. The van der Waals surface area contributed by atoms with Gasteiger partial charge in [-0.15, -0.1) is 0 Å². The average Bonchev–Trinajstić information content (AvgIpc) is 2.55. The molecular formula is C17H29N5O2. The van der Waals surface area contributed by atoms with E-state index in [2.05, 4.69) is 41.4 Å². The Labute approximate surface area is 143 Å². The van der Waals surface area contributed by atoms with Crippen molar-refractivity contribution in [3.05, 3.63) is 11.8 Å². The number of hydrogen-bond donors (Lipinski definition) is 3. The molecule has 0 bridgehead atoms. The number of aromatic nitrogens is 2. The van der Waals surface area contributed by atoms with Gasteiger partial charge in [0.1, 0.15) is 5.82 Å². The first-order valence-corrected chi connectivity index (χ1v) is 8.63. The number of nitrogens with zero attached hydrogens (tertiary/aromatic N) is 2. The maximum atomic E-state index is 11.6. The fourth-order valence-corrected chi connectivity index (χ4v) is 2.75. The molecule has 0 spiro atoms. The molecule has 1 aromatic rings. The summed E-state index contributed by atoms with van der Waals surface area (Å²) < 4.78 is 5.40. The van der Waals surface area contributed by atoms with Crippen molar-refractivity contribution in [3.63, 3.8) is 0 Å². The first kappa shape index (κ1) is 18.4. The third kappa shape index (κ3) is 4.80. The third-order valence-corrected chi connectivity index (χ3v) is 4.76. The van der Waals surface area contributed by atoms with Gasteiger partial charge in [-0.05, 0) is 38.5 Å². The molecule has 1 heterocycles. The molecule has 24 heavy (non-hydrogen) atoms. The smallest absolute Gasteiger partial charge is 0.254 e. The van der Waals surface area contributed by atoms with Crippen LogP contribution in [-0.2, 0) is 4.74 Å². The molecule has 1 aliphatic rings. The zero-order valence-electron chi connectivity index (χ0n) is 15.0. The maximum Gasteiger partial charge on any atom is 0.254 e. The second-order valence-electron chi connectivity index (χ2n) is 6.85. The number of carbonyl (C=O) groups excluding carboxylic acids is 1. The molecule has 1 aliphatic carbocycles. The van der Waals surface area contributed by atoms with Crippen molar-refractivity contribution in [3.8, 4) is 0 Å². The van der Waals surface area contributed by atoms with Crippen LogP contribution < -0.4 is 16.4 Å². The number of nitrogens with one attached hydrogen (secondary N) is 2.